The molecule has 0 aliphatic carbocycles. The predicted molar refractivity (Wildman–Crippen MR) is 74.1 cm³/mol. The zero-order chi connectivity index (χ0) is 12.7. The van der Waals surface area contributed by atoms with Crippen molar-refractivity contribution in [3.63, 3.8) is 0 Å². The molecule has 0 unspecified atom stereocenters. The number of aromatic nitrogens is 3. The zero-order valence-corrected chi connectivity index (χ0v) is 11.0. The number of hydrogen-bond acceptors (Lipinski definition) is 3. The highest BCUT2D eigenvalue weighted by Crippen LogP contribution is 2.29. The molecule has 0 aliphatic rings. The topological polar surface area (TPSA) is 50.7 Å². The third kappa shape index (κ3) is 1.59. The third-order valence-corrected chi connectivity index (χ3v) is 3.77. The highest BCUT2D eigenvalue weighted by Gasteiger charge is 2.13. The molecule has 4 nitrogen and oxygen atoms in total. The van der Waals surface area contributed by atoms with Crippen molar-refractivity contribution in [2.24, 2.45) is 0 Å². The van der Waals surface area contributed by atoms with Crippen molar-refractivity contribution < 1.29 is 0 Å². The van der Waals surface area contributed by atoms with E-state index in [1.807, 2.05) is 38.2 Å². The number of para-hydroxylation sites is 1. The molecule has 0 bridgehead atoms. The number of nitrogens with one attached hydrogen (secondary N) is 1. The van der Waals surface area contributed by atoms with E-state index in [0.29, 0.717) is 0 Å². The van der Waals surface area contributed by atoms with Crippen molar-refractivity contribution in [1.29, 1.82) is 0 Å². The van der Waals surface area contributed by atoms with Gasteiger partial charge in [0.1, 0.15) is 0 Å². The molecule has 2 aromatic heterocycles. The molecule has 3 rings (SSSR count). The number of aromatic amines is 1. The molecule has 0 atom stereocenters. The molecule has 2 heterocycles. The molecule has 0 radical (unpaired) electrons. The molecule has 1 aromatic carbocycles. The Morgan fingerprint density at radius 3 is 2.89 bits per heavy atom. The predicted octanol–water partition coefficient (Wildman–Crippen LogP) is 3.03. The van der Waals surface area contributed by atoms with E-state index in [4.69, 9.17) is 0 Å². The Morgan fingerprint density at radius 2 is 2.22 bits per heavy atom. The largest absolute Gasteiger partial charge is 0.326 e. The number of rotatable bonds is 2. The van der Waals surface area contributed by atoms with E-state index in [0.717, 1.165) is 21.5 Å². The number of imidazole rings is 1. The van der Waals surface area contributed by atoms with Gasteiger partial charge < -0.3 is 4.98 Å². The van der Waals surface area contributed by atoms with Crippen LogP contribution in [-0.2, 0) is 0 Å². The van der Waals surface area contributed by atoms with Crippen molar-refractivity contribution in [3.8, 4) is 10.4 Å². The van der Waals surface area contributed by atoms with E-state index in [1.54, 1.807) is 21.4 Å². The van der Waals surface area contributed by atoms with Crippen molar-refractivity contribution in [2.45, 2.75) is 19.9 Å². The highest BCUT2D eigenvalue weighted by atomic mass is 32.1. The second-order valence-corrected chi connectivity index (χ2v) is 5.35. The molecule has 5 heteroatoms. The molecule has 3 aromatic rings. The van der Waals surface area contributed by atoms with Crippen LogP contribution in [0, 0.1) is 0 Å². The fraction of sp³-hybridized carbons (Fsp3) is 0.231. The highest BCUT2D eigenvalue weighted by molar-refractivity contribution is 7.13. The average molecular weight is 259 g/mol. The summed E-state index contributed by atoms with van der Waals surface area (Å²) in [6, 6.07) is 6.10. The summed E-state index contributed by atoms with van der Waals surface area (Å²) in [5.74, 6) is 0. The van der Waals surface area contributed by atoms with E-state index in [1.165, 1.54) is 0 Å². The van der Waals surface area contributed by atoms with Gasteiger partial charge in [0.25, 0.3) is 0 Å². The van der Waals surface area contributed by atoms with Crippen molar-refractivity contribution in [3.05, 3.63) is 40.4 Å². The van der Waals surface area contributed by atoms with Crippen LogP contribution in [0.25, 0.3) is 21.5 Å². The summed E-state index contributed by atoms with van der Waals surface area (Å²) in [4.78, 5) is 20.1. The van der Waals surface area contributed by atoms with Gasteiger partial charge in [0.15, 0.2) is 0 Å². The first kappa shape index (κ1) is 11.2. The molecule has 0 aliphatic heterocycles. The number of fused-ring (bicyclic) bond motifs is 1. The van der Waals surface area contributed by atoms with E-state index in [-0.39, 0.29) is 11.7 Å². The minimum atomic E-state index is -0.0584. The number of hydrogen-bond donors (Lipinski definition) is 1. The van der Waals surface area contributed by atoms with Gasteiger partial charge in [0, 0.05) is 17.8 Å². The van der Waals surface area contributed by atoms with Crippen molar-refractivity contribution in [1.82, 2.24) is 14.5 Å². The van der Waals surface area contributed by atoms with Crippen LogP contribution in [-0.4, -0.2) is 14.5 Å². The lowest BCUT2D eigenvalue weighted by molar-refractivity contribution is 0.598. The Labute approximate surface area is 108 Å². The first-order valence-corrected chi connectivity index (χ1v) is 6.68. The molecule has 0 spiro atoms. The van der Waals surface area contributed by atoms with Crippen molar-refractivity contribution in [2.75, 3.05) is 0 Å². The maximum absolute atomic E-state index is 12.0. The van der Waals surface area contributed by atoms with Gasteiger partial charge in [0.05, 0.1) is 21.4 Å². The normalized spacial score (nSPS) is 11.5. The smallest absolute Gasteiger partial charge is 0.305 e. The SMILES string of the molecule is CC(C)n1c(=O)[nH]c2c(-c3cncs3)cccc21. The number of nitrogens with zero attached hydrogens (tertiary/aromatic N) is 2. The standard InChI is InChI=1S/C13H13N3OS/c1-8(2)16-10-5-3-4-9(11-6-14-7-18-11)12(10)15-13(16)17/h3-8H,1-2H3,(H,15,17). The molecule has 1 N–H and O–H groups in total. The van der Waals surface area contributed by atoms with Crippen LogP contribution in [0.1, 0.15) is 19.9 Å². The van der Waals surface area contributed by atoms with E-state index < -0.39 is 0 Å². The molecule has 0 amide bonds. The lowest BCUT2D eigenvalue weighted by Crippen LogP contribution is -2.18. The van der Waals surface area contributed by atoms with Crippen LogP contribution in [0.5, 0.6) is 0 Å². The minimum absolute atomic E-state index is 0.0584. The fourth-order valence-corrected chi connectivity index (χ4v) is 2.87. The number of benzene rings is 1. The summed E-state index contributed by atoms with van der Waals surface area (Å²) in [7, 11) is 0. The van der Waals surface area contributed by atoms with Gasteiger partial charge >= 0.3 is 5.69 Å². The van der Waals surface area contributed by atoms with E-state index in [9.17, 15) is 4.79 Å². The monoisotopic (exact) mass is 259 g/mol. The van der Waals surface area contributed by atoms with Gasteiger partial charge in [-0.1, -0.05) is 12.1 Å². The second kappa shape index (κ2) is 4.10. The fourth-order valence-electron chi connectivity index (χ4n) is 2.22. The molecule has 0 saturated carbocycles. The Bertz CT molecular complexity index is 737. The van der Waals surface area contributed by atoms with E-state index in [2.05, 4.69) is 9.97 Å². The summed E-state index contributed by atoms with van der Waals surface area (Å²) >= 11 is 1.57. The molecule has 92 valence electrons. The first-order chi connectivity index (χ1) is 8.68. The van der Waals surface area contributed by atoms with Gasteiger partial charge in [-0.15, -0.1) is 11.3 Å². The number of H-pyrrole nitrogens is 1. The van der Waals surface area contributed by atoms with Crippen molar-refractivity contribution >= 4 is 22.4 Å². The lowest BCUT2D eigenvalue weighted by atomic mass is 10.1. The Kier molecular flexibility index (Phi) is 2.56. The summed E-state index contributed by atoms with van der Waals surface area (Å²) in [5, 5.41) is 0. The molecule has 18 heavy (non-hydrogen) atoms. The summed E-state index contributed by atoms with van der Waals surface area (Å²) < 4.78 is 1.78. The van der Waals surface area contributed by atoms with Gasteiger partial charge in [-0.25, -0.2) is 4.79 Å². The lowest BCUT2D eigenvalue weighted by Gasteiger charge is -2.07. The summed E-state index contributed by atoms with van der Waals surface area (Å²) in [6.45, 7) is 4.02. The maximum Gasteiger partial charge on any atom is 0.326 e. The van der Waals surface area contributed by atoms with Crippen LogP contribution in [0.2, 0.25) is 0 Å². The second-order valence-electron chi connectivity index (χ2n) is 4.46. The van der Waals surface area contributed by atoms with Gasteiger partial charge in [-0.05, 0) is 19.9 Å². The van der Waals surface area contributed by atoms with Crippen LogP contribution in [0.15, 0.2) is 34.7 Å². The summed E-state index contributed by atoms with van der Waals surface area (Å²) in [5.41, 5.74) is 4.61. The zero-order valence-electron chi connectivity index (χ0n) is 10.2. The van der Waals surface area contributed by atoms with E-state index >= 15 is 0 Å². The number of thiazole rings is 1. The van der Waals surface area contributed by atoms with Gasteiger partial charge in [0.2, 0.25) is 0 Å². The Hall–Kier alpha value is -1.88. The Morgan fingerprint density at radius 1 is 1.39 bits per heavy atom. The van der Waals surface area contributed by atoms with Crippen LogP contribution in [0.4, 0.5) is 0 Å². The van der Waals surface area contributed by atoms with Crippen LogP contribution < -0.4 is 5.69 Å². The summed E-state index contributed by atoms with van der Waals surface area (Å²) in [6.07, 6.45) is 1.82. The Balaban J connectivity index is 2.37. The first-order valence-electron chi connectivity index (χ1n) is 5.80. The third-order valence-electron chi connectivity index (χ3n) is 2.97. The maximum atomic E-state index is 12.0. The van der Waals surface area contributed by atoms with Crippen LogP contribution in [0.3, 0.4) is 0 Å². The minimum Gasteiger partial charge on any atom is -0.305 e. The molecular formula is C13H13N3OS. The average Bonchev–Trinajstić information content (AvgIpc) is 2.93. The molecule has 0 saturated heterocycles. The van der Waals surface area contributed by atoms with Gasteiger partial charge in [-0.2, -0.15) is 0 Å². The molecule has 0 fully saturated rings. The van der Waals surface area contributed by atoms with Gasteiger partial charge in [-0.3, -0.25) is 9.55 Å². The molecular weight excluding hydrogens is 246 g/mol. The quantitative estimate of drug-likeness (QED) is 0.769. The van der Waals surface area contributed by atoms with Crippen LogP contribution >= 0.6 is 11.3 Å².